The summed E-state index contributed by atoms with van der Waals surface area (Å²) in [7, 11) is 0. The van der Waals surface area contributed by atoms with Crippen molar-refractivity contribution in [3.05, 3.63) is 0 Å². The normalized spacial score (nSPS) is 13.9. The minimum Gasteiger partial charge on any atom is -0.396 e. The summed E-state index contributed by atoms with van der Waals surface area (Å²) in [6.07, 6.45) is 1.62. The van der Waals surface area contributed by atoms with Crippen molar-refractivity contribution in [2.24, 2.45) is 5.92 Å². The maximum Gasteiger partial charge on any atom is 0.0620 e. The summed E-state index contributed by atoms with van der Waals surface area (Å²) in [5, 5.41) is 18.1. The fraction of sp³-hybridized carbons (Fsp3) is 1.00. The molecule has 0 aliphatic heterocycles. The molecule has 0 aliphatic rings. The molecule has 1 atom stereocenters. The standard InChI is InChI=1S/C8H18O2.H3N/c1-4-7(5-6-9)8(2,3)10;/h7,9-10H,4-6H2,1-3H3;1H3. The number of aliphatic hydroxyl groups excluding tert-OH is 1. The SMILES string of the molecule is CCC(CCO)C(C)(C)O.N. The third-order valence-corrected chi connectivity index (χ3v) is 1.97. The van der Waals surface area contributed by atoms with E-state index in [4.69, 9.17) is 5.11 Å². The highest BCUT2D eigenvalue weighted by molar-refractivity contribution is 4.75. The quantitative estimate of drug-likeness (QED) is 0.585. The summed E-state index contributed by atoms with van der Waals surface area (Å²) in [5.74, 6) is 0.220. The number of hydrogen-bond acceptors (Lipinski definition) is 3. The van der Waals surface area contributed by atoms with Gasteiger partial charge in [-0.05, 0) is 26.2 Å². The van der Waals surface area contributed by atoms with Crippen LogP contribution in [0.2, 0.25) is 0 Å². The van der Waals surface area contributed by atoms with Crippen molar-refractivity contribution < 1.29 is 10.2 Å². The lowest BCUT2D eigenvalue weighted by molar-refractivity contribution is 0.00461. The molecule has 11 heavy (non-hydrogen) atoms. The summed E-state index contributed by atoms with van der Waals surface area (Å²) in [4.78, 5) is 0. The van der Waals surface area contributed by atoms with Gasteiger partial charge in [0.15, 0.2) is 0 Å². The molecule has 0 bridgehead atoms. The molecule has 1 unspecified atom stereocenters. The Kier molecular flexibility index (Phi) is 6.76. The second kappa shape index (κ2) is 5.52. The molecular weight excluding hydrogens is 142 g/mol. The van der Waals surface area contributed by atoms with Gasteiger partial charge in [0, 0.05) is 6.61 Å². The summed E-state index contributed by atoms with van der Waals surface area (Å²) in [5.41, 5.74) is -0.641. The maximum absolute atomic E-state index is 9.50. The Bertz CT molecular complexity index is 88.6. The molecule has 70 valence electrons. The third kappa shape index (κ3) is 5.18. The molecule has 0 saturated heterocycles. The smallest absolute Gasteiger partial charge is 0.0620 e. The highest BCUT2D eigenvalue weighted by atomic mass is 16.3. The van der Waals surface area contributed by atoms with Crippen LogP contribution in [0.5, 0.6) is 0 Å². The van der Waals surface area contributed by atoms with Gasteiger partial charge in [-0.1, -0.05) is 13.3 Å². The first-order valence-corrected chi connectivity index (χ1v) is 3.85. The van der Waals surface area contributed by atoms with Gasteiger partial charge in [0.05, 0.1) is 5.60 Å². The van der Waals surface area contributed by atoms with Crippen LogP contribution >= 0.6 is 0 Å². The summed E-state index contributed by atoms with van der Waals surface area (Å²) in [6, 6.07) is 0. The molecule has 0 aliphatic carbocycles. The van der Waals surface area contributed by atoms with Gasteiger partial charge in [-0.3, -0.25) is 0 Å². The molecule has 0 heterocycles. The zero-order valence-electron chi connectivity index (χ0n) is 7.80. The van der Waals surface area contributed by atoms with Crippen molar-refractivity contribution in [2.75, 3.05) is 6.61 Å². The van der Waals surface area contributed by atoms with Crippen LogP contribution in [0.25, 0.3) is 0 Å². The molecule has 0 aromatic heterocycles. The molecule has 0 rings (SSSR count). The topological polar surface area (TPSA) is 75.5 Å². The first-order valence-electron chi connectivity index (χ1n) is 3.85. The fourth-order valence-electron chi connectivity index (χ4n) is 1.21. The van der Waals surface area contributed by atoms with Crippen molar-refractivity contribution in [2.45, 2.75) is 39.2 Å². The summed E-state index contributed by atoms with van der Waals surface area (Å²) in [6.45, 7) is 5.77. The Morgan fingerprint density at radius 2 is 1.82 bits per heavy atom. The summed E-state index contributed by atoms with van der Waals surface area (Å²) < 4.78 is 0. The Morgan fingerprint density at radius 3 is 1.91 bits per heavy atom. The van der Waals surface area contributed by atoms with Crippen molar-refractivity contribution in [3.8, 4) is 0 Å². The van der Waals surface area contributed by atoms with E-state index in [0.29, 0.717) is 6.42 Å². The molecule has 0 saturated carbocycles. The fourth-order valence-corrected chi connectivity index (χ4v) is 1.21. The Hall–Kier alpha value is -0.120. The Morgan fingerprint density at radius 1 is 1.36 bits per heavy atom. The van der Waals surface area contributed by atoms with Crippen molar-refractivity contribution in [1.29, 1.82) is 0 Å². The molecule has 0 fully saturated rings. The average molecular weight is 163 g/mol. The van der Waals surface area contributed by atoms with Gasteiger partial charge in [-0.15, -0.1) is 0 Å². The molecular formula is C8H21NO2. The van der Waals surface area contributed by atoms with Crippen LogP contribution in [0, 0.1) is 5.92 Å². The number of aliphatic hydroxyl groups is 2. The van der Waals surface area contributed by atoms with E-state index in [1.807, 2.05) is 6.92 Å². The van der Waals surface area contributed by atoms with E-state index in [-0.39, 0.29) is 18.7 Å². The molecule has 0 spiro atoms. The monoisotopic (exact) mass is 163 g/mol. The van der Waals surface area contributed by atoms with E-state index in [2.05, 4.69) is 0 Å². The lowest BCUT2D eigenvalue weighted by Crippen LogP contribution is -2.30. The van der Waals surface area contributed by atoms with E-state index in [9.17, 15) is 5.11 Å². The van der Waals surface area contributed by atoms with E-state index in [0.717, 1.165) is 6.42 Å². The van der Waals surface area contributed by atoms with E-state index in [1.54, 1.807) is 13.8 Å². The van der Waals surface area contributed by atoms with Gasteiger partial charge in [-0.2, -0.15) is 0 Å². The van der Waals surface area contributed by atoms with Crippen LogP contribution < -0.4 is 6.15 Å². The van der Waals surface area contributed by atoms with E-state index < -0.39 is 5.60 Å². The van der Waals surface area contributed by atoms with Gasteiger partial charge < -0.3 is 16.4 Å². The average Bonchev–Trinajstić information content (AvgIpc) is 1.80. The minimum atomic E-state index is -0.641. The van der Waals surface area contributed by atoms with Crippen LogP contribution in [0.1, 0.15) is 33.6 Å². The molecule has 0 aromatic carbocycles. The second-order valence-corrected chi connectivity index (χ2v) is 3.27. The molecule has 3 nitrogen and oxygen atoms in total. The Balaban J connectivity index is 0. The molecule has 0 aromatic rings. The molecule has 3 heteroatoms. The van der Waals surface area contributed by atoms with Gasteiger partial charge in [0.2, 0.25) is 0 Å². The van der Waals surface area contributed by atoms with Gasteiger partial charge in [0.25, 0.3) is 0 Å². The van der Waals surface area contributed by atoms with E-state index >= 15 is 0 Å². The van der Waals surface area contributed by atoms with Crippen LogP contribution in [0.4, 0.5) is 0 Å². The van der Waals surface area contributed by atoms with Crippen molar-refractivity contribution in [3.63, 3.8) is 0 Å². The van der Waals surface area contributed by atoms with Crippen LogP contribution in [0.15, 0.2) is 0 Å². The third-order valence-electron chi connectivity index (χ3n) is 1.97. The molecule has 0 radical (unpaired) electrons. The summed E-state index contributed by atoms with van der Waals surface area (Å²) >= 11 is 0. The predicted molar refractivity (Wildman–Crippen MR) is 46.8 cm³/mol. The van der Waals surface area contributed by atoms with Gasteiger partial charge in [0.1, 0.15) is 0 Å². The van der Waals surface area contributed by atoms with Crippen molar-refractivity contribution >= 4 is 0 Å². The first kappa shape index (κ1) is 13.5. The number of rotatable bonds is 4. The van der Waals surface area contributed by atoms with Crippen molar-refractivity contribution in [1.82, 2.24) is 6.15 Å². The lowest BCUT2D eigenvalue weighted by Gasteiger charge is -2.27. The van der Waals surface area contributed by atoms with Gasteiger partial charge in [-0.25, -0.2) is 0 Å². The molecule has 5 N–H and O–H groups in total. The zero-order chi connectivity index (χ0) is 8.20. The van der Waals surface area contributed by atoms with Gasteiger partial charge >= 0.3 is 0 Å². The maximum atomic E-state index is 9.50. The second-order valence-electron chi connectivity index (χ2n) is 3.27. The lowest BCUT2D eigenvalue weighted by atomic mass is 9.86. The molecule has 0 amide bonds. The highest BCUT2D eigenvalue weighted by Crippen LogP contribution is 2.22. The Labute approximate surface area is 69.0 Å². The highest BCUT2D eigenvalue weighted by Gasteiger charge is 2.23. The first-order chi connectivity index (χ1) is 4.52. The van der Waals surface area contributed by atoms with Crippen LogP contribution in [0.3, 0.4) is 0 Å². The van der Waals surface area contributed by atoms with E-state index in [1.165, 1.54) is 0 Å². The minimum absolute atomic E-state index is 0. The van der Waals surface area contributed by atoms with Crippen LogP contribution in [-0.4, -0.2) is 22.4 Å². The number of hydrogen-bond donors (Lipinski definition) is 3. The largest absolute Gasteiger partial charge is 0.396 e. The van der Waals surface area contributed by atoms with Crippen LogP contribution in [-0.2, 0) is 0 Å². The predicted octanol–water partition coefficient (Wildman–Crippen LogP) is 1.33. The zero-order valence-corrected chi connectivity index (χ0v) is 7.80.